The summed E-state index contributed by atoms with van der Waals surface area (Å²) in [5, 5.41) is 0. The predicted octanol–water partition coefficient (Wildman–Crippen LogP) is 2.39. The number of hydrogen-bond donors (Lipinski definition) is 1. The van der Waals surface area contributed by atoms with Crippen LogP contribution in [0, 0.1) is 0 Å². The maximum Gasteiger partial charge on any atom is 0.226 e. The Bertz CT molecular complexity index is 459. The van der Waals surface area contributed by atoms with E-state index in [4.69, 9.17) is 10.5 Å². The van der Waals surface area contributed by atoms with Crippen molar-refractivity contribution in [2.75, 3.05) is 31.2 Å². The lowest BCUT2D eigenvalue weighted by molar-refractivity contribution is -0.132. The Hall–Kier alpha value is -1.36. The third kappa shape index (κ3) is 4.34. The van der Waals surface area contributed by atoms with E-state index >= 15 is 0 Å². The van der Waals surface area contributed by atoms with Gasteiger partial charge in [0, 0.05) is 29.3 Å². The molecule has 0 atom stereocenters. The summed E-state index contributed by atoms with van der Waals surface area (Å²) in [6.45, 7) is 6.43. The van der Waals surface area contributed by atoms with Crippen molar-refractivity contribution in [2.45, 2.75) is 25.0 Å². The number of amides is 1. The highest BCUT2D eigenvalue weighted by molar-refractivity contribution is 8.00. The first-order valence-electron chi connectivity index (χ1n) is 6.86. The molecule has 0 bridgehead atoms. The molecule has 2 N–H and O–H groups in total. The number of benzene rings is 1. The van der Waals surface area contributed by atoms with E-state index in [-0.39, 0.29) is 10.7 Å². The maximum absolute atomic E-state index is 12.1. The van der Waals surface area contributed by atoms with E-state index in [1.54, 1.807) is 12.1 Å². The summed E-state index contributed by atoms with van der Waals surface area (Å²) in [7, 11) is 0. The quantitative estimate of drug-likeness (QED) is 0.866. The molecule has 1 aliphatic heterocycles. The molecule has 1 aromatic carbocycles. The molecule has 1 aromatic rings. The molecule has 0 saturated carbocycles. The summed E-state index contributed by atoms with van der Waals surface area (Å²) in [4.78, 5) is 14.1. The molecule has 2 rings (SSSR count). The molecular weight excluding hydrogens is 272 g/mol. The van der Waals surface area contributed by atoms with Gasteiger partial charge in [0.25, 0.3) is 0 Å². The van der Waals surface area contributed by atoms with Gasteiger partial charge in [-0.15, -0.1) is 0 Å². The Labute approximate surface area is 124 Å². The zero-order valence-corrected chi connectivity index (χ0v) is 12.9. The van der Waals surface area contributed by atoms with Gasteiger partial charge in [-0.1, -0.05) is 0 Å². The van der Waals surface area contributed by atoms with Crippen LogP contribution >= 0.6 is 11.8 Å². The summed E-state index contributed by atoms with van der Waals surface area (Å²) < 4.78 is 5.72. The standard InChI is InChI=1S/C15H22N2O2S/c1-15(2)11-17(8-10-20-15)14(18)7-9-19-13-5-3-12(16)4-6-13/h3-6H,7-11,16H2,1-2H3. The van der Waals surface area contributed by atoms with Crippen LogP contribution in [0.1, 0.15) is 20.3 Å². The zero-order chi connectivity index (χ0) is 14.6. The molecule has 0 spiro atoms. The second-order valence-corrected chi connectivity index (χ2v) is 7.39. The minimum Gasteiger partial charge on any atom is -0.493 e. The highest BCUT2D eigenvalue weighted by Gasteiger charge is 2.29. The van der Waals surface area contributed by atoms with Gasteiger partial charge < -0.3 is 15.4 Å². The van der Waals surface area contributed by atoms with Gasteiger partial charge in [0.1, 0.15) is 5.75 Å². The van der Waals surface area contributed by atoms with Crippen LogP contribution in [0.5, 0.6) is 5.75 Å². The minimum absolute atomic E-state index is 0.158. The van der Waals surface area contributed by atoms with Crippen molar-refractivity contribution in [2.24, 2.45) is 0 Å². The van der Waals surface area contributed by atoms with Crippen LogP contribution in [-0.2, 0) is 4.79 Å². The average molecular weight is 294 g/mol. The zero-order valence-electron chi connectivity index (χ0n) is 12.1. The summed E-state index contributed by atoms with van der Waals surface area (Å²) in [6, 6.07) is 7.23. The van der Waals surface area contributed by atoms with Crippen molar-refractivity contribution >= 4 is 23.4 Å². The van der Waals surface area contributed by atoms with Crippen LogP contribution in [0.3, 0.4) is 0 Å². The second kappa shape index (κ2) is 6.39. The number of carbonyl (C=O) groups is 1. The molecule has 1 aliphatic rings. The molecule has 1 fully saturated rings. The smallest absolute Gasteiger partial charge is 0.226 e. The molecule has 4 nitrogen and oxygen atoms in total. The Morgan fingerprint density at radius 1 is 1.40 bits per heavy atom. The van der Waals surface area contributed by atoms with Crippen LogP contribution in [0.15, 0.2) is 24.3 Å². The van der Waals surface area contributed by atoms with E-state index in [0.717, 1.165) is 24.6 Å². The Morgan fingerprint density at radius 3 is 2.75 bits per heavy atom. The highest BCUT2D eigenvalue weighted by atomic mass is 32.2. The van der Waals surface area contributed by atoms with Crippen molar-refractivity contribution < 1.29 is 9.53 Å². The third-order valence-electron chi connectivity index (χ3n) is 3.24. The number of ether oxygens (including phenoxy) is 1. The number of rotatable bonds is 4. The van der Waals surface area contributed by atoms with Crippen molar-refractivity contribution in [3.63, 3.8) is 0 Å². The first-order chi connectivity index (χ1) is 9.46. The van der Waals surface area contributed by atoms with Crippen LogP contribution in [0.25, 0.3) is 0 Å². The van der Waals surface area contributed by atoms with E-state index in [9.17, 15) is 4.79 Å². The fraction of sp³-hybridized carbons (Fsp3) is 0.533. The van der Waals surface area contributed by atoms with Crippen LogP contribution in [0.2, 0.25) is 0 Å². The predicted molar refractivity (Wildman–Crippen MR) is 84.1 cm³/mol. The Morgan fingerprint density at radius 2 is 2.10 bits per heavy atom. The number of thioether (sulfide) groups is 1. The number of nitrogen functional groups attached to an aromatic ring is 1. The Kier molecular flexibility index (Phi) is 4.81. The van der Waals surface area contributed by atoms with E-state index < -0.39 is 0 Å². The number of nitrogens with two attached hydrogens (primary N) is 1. The van der Waals surface area contributed by atoms with E-state index in [0.29, 0.717) is 18.7 Å². The molecule has 1 saturated heterocycles. The van der Waals surface area contributed by atoms with Crippen molar-refractivity contribution in [3.8, 4) is 5.75 Å². The summed E-state index contributed by atoms with van der Waals surface area (Å²) in [6.07, 6.45) is 0.422. The molecule has 1 amide bonds. The topological polar surface area (TPSA) is 55.6 Å². The lowest BCUT2D eigenvalue weighted by atomic mass is 10.2. The van der Waals surface area contributed by atoms with Gasteiger partial charge >= 0.3 is 0 Å². The molecule has 20 heavy (non-hydrogen) atoms. The van der Waals surface area contributed by atoms with Gasteiger partial charge in [-0.05, 0) is 38.1 Å². The average Bonchev–Trinajstić information content (AvgIpc) is 2.40. The fourth-order valence-electron chi connectivity index (χ4n) is 2.21. The molecule has 1 heterocycles. The van der Waals surface area contributed by atoms with Crippen LogP contribution in [-0.4, -0.2) is 41.0 Å². The summed E-state index contributed by atoms with van der Waals surface area (Å²) >= 11 is 1.93. The first kappa shape index (κ1) is 15.0. The van der Waals surface area contributed by atoms with E-state index in [1.165, 1.54) is 0 Å². The second-order valence-electron chi connectivity index (χ2n) is 5.59. The highest BCUT2D eigenvalue weighted by Crippen LogP contribution is 2.29. The van der Waals surface area contributed by atoms with Gasteiger partial charge in [0.15, 0.2) is 0 Å². The number of carbonyl (C=O) groups excluding carboxylic acids is 1. The van der Waals surface area contributed by atoms with Crippen molar-refractivity contribution in [3.05, 3.63) is 24.3 Å². The van der Waals surface area contributed by atoms with Gasteiger partial charge in [-0.25, -0.2) is 0 Å². The number of nitrogens with zero attached hydrogens (tertiary/aromatic N) is 1. The summed E-state index contributed by atoms with van der Waals surface area (Å²) in [5.74, 6) is 1.94. The van der Waals surface area contributed by atoms with Gasteiger partial charge in [-0.3, -0.25) is 4.79 Å². The number of anilines is 1. The lowest BCUT2D eigenvalue weighted by Gasteiger charge is -2.37. The molecule has 0 unspecified atom stereocenters. The molecule has 0 radical (unpaired) electrons. The summed E-state index contributed by atoms with van der Waals surface area (Å²) in [5.41, 5.74) is 6.32. The Balaban J connectivity index is 1.76. The fourth-order valence-corrected chi connectivity index (χ4v) is 3.32. The molecule has 0 aromatic heterocycles. The van der Waals surface area contributed by atoms with Crippen LogP contribution in [0.4, 0.5) is 5.69 Å². The van der Waals surface area contributed by atoms with Gasteiger partial charge in [0.2, 0.25) is 5.91 Å². The van der Waals surface area contributed by atoms with Crippen LogP contribution < -0.4 is 10.5 Å². The molecule has 110 valence electrons. The molecular formula is C15H22N2O2S. The minimum atomic E-state index is 0.158. The third-order valence-corrected chi connectivity index (χ3v) is 4.54. The maximum atomic E-state index is 12.1. The largest absolute Gasteiger partial charge is 0.493 e. The first-order valence-corrected chi connectivity index (χ1v) is 7.85. The van der Waals surface area contributed by atoms with Gasteiger partial charge in [-0.2, -0.15) is 11.8 Å². The molecule has 5 heteroatoms. The van der Waals surface area contributed by atoms with Crippen molar-refractivity contribution in [1.29, 1.82) is 0 Å². The SMILES string of the molecule is CC1(C)CN(C(=O)CCOc2ccc(N)cc2)CCS1. The van der Waals surface area contributed by atoms with E-state index in [2.05, 4.69) is 13.8 Å². The normalized spacial score (nSPS) is 17.8. The van der Waals surface area contributed by atoms with Crippen molar-refractivity contribution in [1.82, 2.24) is 4.90 Å². The van der Waals surface area contributed by atoms with Gasteiger partial charge in [0.05, 0.1) is 13.0 Å². The molecule has 0 aliphatic carbocycles. The van der Waals surface area contributed by atoms with E-state index in [1.807, 2.05) is 28.8 Å². The number of hydrogen-bond acceptors (Lipinski definition) is 4. The monoisotopic (exact) mass is 294 g/mol. The lowest BCUT2D eigenvalue weighted by Crippen LogP contribution is -2.46.